The summed E-state index contributed by atoms with van der Waals surface area (Å²) in [6, 6.07) is 13.6. The van der Waals surface area contributed by atoms with Gasteiger partial charge < -0.3 is 4.74 Å². The number of hydrogen-bond donors (Lipinski definition) is 0. The van der Waals surface area contributed by atoms with Crippen LogP contribution in [0, 0.1) is 6.92 Å². The first kappa shape index (κ1) is 19.3. The molecule has 0 saturated heterocycles. The fourth-order valence-corrected chi connectivity index (χ4v) is 4.16. The van der Waals surface area contributed by atoms with Crippen LogP contribution in [-0.4, -0.2) is 23.3 Å². The molecule has 2 aromatic carbocycles. The van der Waals surface area contributed by atoms with Gasteiger partial charge in [-0.25, -0.2) is 4.79 Å². The van der Waals surface area contributed by atoms with E-state index < -0.39 is 5.97 Å². The van der Waals surface area contributed by atoms with Crippen molar-refractivity contribution in [2.24, 2.45) is 0 Å². The summed E-state index contributed by atoms with van der Waals surface area (Å²) in [5.74, 6) is -0.653. The number of fused-ring (bicyclic) bond motifs is 2. The van der Waals surface area contributed by atoms with Gasteiger partial charge in [0.2, 0.25) is 0 Å². The number of Topliss-reactive ketones (excluding diaryl/α,β-unsaturated/α-hetero) is 1. The molecular formula is C25H25NO3. The summed E-state index contributed by atoms with van der Waals surface area (Å²) in [5.41, 5.74) is 6.08. The first-order valence-electron chi connectivity index (χ1n) is 10.3. The summed E-state index contributed by atoms with van der Waals surface area (Å²) in [4.78, 5) is 30.1. The third-order valence-corrected chi connectivity index (χ3v) is 5.77. The second-order valence-corrected chi connectivity index (χ2v) is 7.62. The van der Waals surface area contributed by atoms with Crippen LogP contribution in [0.25, 0.3) is 10.9 Å². The summed E-state index contributed by atoms with van der Waals surface area (Å²) in [7, 11) is 0. The molecule has 0 amide bonds. The Balaban J connectivity index is 1.54. The van der Waals surface area contributed by atoms with Crippen LogP contribution in [0.3, 0.4) is 0 Å². The molecule has 4 heteroatoms. The van der Waals surface area contributed by atoms with Crippen molar-refractivity contribution < 1.29 is 14.3 Å². The number of benzene rings is 2. The van der Waals surface area contributed by atoms with E-state index >= 15 is 0 Å². The van der Waals surface area contributed by atoms with Crippen molar-refractivity contribution in [2.75, 3.05) is 6.61 Å². The van der Waals surface area contributed by atoms with Gasteiger partial charge in [0.1, 0.15) is 0 Å². The van der Waals surface area contributed by atoms with E-state index in [2.05, 4.69) is 4.98 Å². The standard InChI is InChI=1S/C25H25NO3/c1-3-21-24(16(2)20-10-6-7-11-22(20)26-21)25(28)29-15-23(27)19-13-12-17-8-4-5-9-18(17)14-19/h6-7,10-14H,3-5,8-9,15H2,1-2H3. The predicted octanol–water partition coefficient (Wildman–Crippen LogP) is 5.02. The Morgan fingerprint density at radius 3 is 2.59 bits per heavy atom. The maximum atomic E-state index is 12.8. The van der Waals surface area contributed by atoms with Crippen molar-refractivity contribution in [3.05, 3.63) is 76.0 Å². The Kier molecular flexibility index (Phi) is 5.43. The normalized spacial score (nSPS) is 13.2. The number of carbonyl (C=O) groups excluding carboxylic acids is 2. The Labute approximate surface area is 170 Å². The molecule has 3 aromatic rings. The number of hydrogen-bond acceptors (Lipinski definition) is 4. The van der Waals surface area contributed by atoms with Crippen molar-refractivity contribution >= 4 is 22.7 Å². The van der Waals surface area contributed by atoms with Gasteiger partial charge in [-0.05, 0) is 67.9 Å². The molecular weight excluding hydrogens is 362 g/mol. The molecule has 148 valence electrons. The maximum absolute atomic E-state index is 12.8. The molecule has 1 aromatic heterocycles. The zero-order valence-electron chi connectivity index (χ0n) is 17.0. The van der Waals surface area contributed by atoms with Gasteiger partial charge in [0.05, 0.1) is 16.8 Å². The monoisotopic (exact) mass is 387 g/mol. The van der Waals surface area contributed by atoms with Crippen molar-refractivity contribution in [3.63, 3.8) is 0 Å². The fraction of sp³-hybridized carbons (Fsp3) is 0.320. The Morgan fingerprint density at radius 1 is 1.03 bits per heavy atom. The second kappa shape index (κ2) is 8.16. The number of ether oxygens (including phenoxy) is 1. The molecule has 4 rings (SSSR count). The quantitative estimate of drug-likeness (QED) is 0.455. The summed E-state index contributed by atoms with van der Waals surface area (Å²) >= 11 is 0. The van der Waals surface area contributed by atoms with Crippen LogP contribution in [0.15, 0.2) is 42.5 Å². The van der Waals surface area contributed by atoms with E-state index in [-0.39, 0.29) is 12.4 Å². The van der Waals surface area contributed by atoms with Gasteiger partial charge in [0.25, 0.3) is 0 Å². The van der Waals surface area contributed by atoms with Crippen LogP contribution in [0.5, 0.6) is 0 Å². The third kappa shape index (κ3) is 3.80. The minimum absolute atomic E-state index is 0.170. The number of pyridine rings is 1. The lowest BCUT2D eigenvalue weighted by Gasteiger charge is -2.16. The number of carbonyl (C=O) groups is 2. The highest BCUT2D eigenvalue weighted by atomic mass is 16.5. The topological polar surface area (TPSA) is 56.3 Å². The number of esters is 1. The summed E-state index contributed by atoms with van der Waals surface area (Å²) in [6.07, 6.45) is 5.07. The van der Waals surface area contributed by atoms with Crippen LogP contribution in [0.1, 0.15) is 62.9 Å². The van der Waals surface area contributed by atoms with Crippen LogP contribution >= 0.6 is 0 Å². The SMILES string of the molecule is CCc1nc2ccccc2c(C)c1C(=O)OCC(=O)c1ccc2c(c1)CCCC2. The molecule has 29 heavy (non-hydrogen) atoms. The maximum Gasteiger partial charge on any atom is 0.340 e. The van der Waals surface area contributed by atoms with Crippen LogP contribution in [-0.2, 0) is 24.0 Å². The molecule has 0 atom stereocenters. The van der Waals surface area contributed by atoms with Crippen LogP contribution in [0.2, 0.25) is 0 Å². The average molecular weight is 387 g/mol. The highest BCUT2D eigenvalue weighted by Gasteiger charge is 2.21. The van der Waals surface area contributed by atoms with E-state index in [9.17, 15) is 9.59 Å². The number of aryl methyl sites for hydroxylation is 4. The first-order valence-corrected chi connectivity index (χ1v) is 10.3. The van der Waals surface area contributed by atoms with Gasteiger partial charge in [0, 0.05) is 10.9 Å². The summed E-state index contributed by atoms with van der Waals surface area (Å²) in [5, 5.41) is 0.928. The zero-order chi connectivity index (χ0) is 20.4. The lowest BCUT2D eigenvalue weighted by molar-refractivity contribution is 0.0472. The summed E-state index contributed by atoms with van der Waals surface area (Å²) in [6.45, 7) is 3.61. The second-order valence-electron chi connectivity index (χ2n) is 7.62. The van der Waals surface area contributed by atoms with Crippen molar-refractivity contribution in [2.45, 2.75) is 46.0 Å². The molecule has 1 heterocycles. The minimum Gasteiger partial charge on any atom is -0.454 e. The van der Waals surface area contributed by atoms with E-state index in [4.69, 9.17) is 4.74 Å². The highest BCUT2D eigenvalue weighted by molar-refractivity contribution is 6.02. The Morgan fingerprint density at radius 2 is 1.79 bits per heavy atom. The smallest absolute Gasteiger partial charge is 0.340 e. The molecule has 0 spiro atoms. The van der Waals surface area contributed by atoms with Crippen molar-refractivity contribution in [1.29, 1.82) is 0 Å². The molecule has 0 fully saturated rings. The summed E-state index contributed by atoms with van der Waals surface area (Å²) < 4.78 is 5.43. The van der Waals surface area contributed by atoms with E-state index in [1.54, 1.807) is 0 Å². The lowest BCUT2D eigenvalue weighted by atomic mass is 9.90. The molecule has 0 unspecified atom stereocenters. The zero-order valence-corrected chi connectivity index (χ0v) is 17.0. The number of ketones is 1. The van der Waals surface area contributed by atoms with Gasteiger partial charge >= 0.3 is 5.97 Å². The predicted molar refractivity (Wildman–Crippen MR) is 114 cm³/mol. The van der Waals surface area contributed by atoms with E-state index in [1.807, 2.05) is 56.3 Å². The molecule has 1 aliphatic rings. The van der Waals surface area contributed by atoms with Crippen molar-refractivity contribution in [3.8, 4) is 0 Å². The molecule has 4 nitrogen and oxygen atoms in total. The molecule has 0 saturated carbocycles. The van der Waals surface area contributed by atoms with Gasteiger partial charge in [-0.1, -0.05) is 37.3 Å². The van der Waals surface area contributed by atoms with Gasteiger partial charge in [-0.2, -0.15) is 0 Å². The van der Waals surface area contributed by atoms with E-state index in [1.165, 1.54) is 17.5 Å². The molecule has 1 aliphatic carbocycles. The number of nitrogens with zero attached hydrogens (tertiary/aromatic N) is 1. The van der Waals surface area contributed by atoms with Crippen LogP contribution in [0.4, 0.5) is 0 Å². The molecule has 0 bridgehead atoms. The van der Waals surface area contributed by atoms with Crippen LogP contribution < -0.4 is 0 Å². The van der Waals surface area contributed by atoms with Gasteiger partial charge in [-0.15, -0.1) is 0 Å². The van der Waals surface area contributed by atoms with Crippen molar-refractivity contribution in [1.82, 2.24) is 4.98 Å². The average Bonchev–Trinajstić information content (AvgIpc) is 2.76. The van der Waals surface area contributed by atoms with Gasteiger partial charge in [0.15, 0.2) is 12.4 Å². The fourth-order valence-electron chi connectivity index (χ4n) is 4.16. The first-order chi connectivity index (χ1) is 14.1. The Bertz CT molecular complexity index is 1100. The Hall–Kier alpha value is -3.01. The number of rotatable bonds is 5. The lowest BCUT2D eigenvalue weighted by Crippen LogP contribution is -2.18. The largest absolute Gasteiger partial charge is 0.454 e. The minimum atomic E-state index is -0.482. The number of para-hydroxylation sites is 1. The van der Waals surface area contributed by atoms with E-state index in [0.717, 1.165) is 35.7 Å². The third-order valence-electron chi connectivity index (χ3n) is 5.77. The molecule has 0 aliphatic heterocycles. The van der Waals surface area contributed by atoms with E-state index in [0.29, 0.717) is 23.2 Å². The molecule has 0 radical (unpaired) electrons. The number of aromatic nitrogens is 1. The molecule has 0 N–H and O–H groups in total. The van der Waals surface area contributed by atoms with Gasteiger partial charge in [-0.3, -0.25) is 9.78 Å². The highest BCUT2D eigenvalue weighted by Crippen LogP contribution is 2.25.